The third kappa shape index (κ3) is 4.45. The lowest BCUT2D eigenvalue weighted by Gasteiger charge is -2.11. The van der Waals surface area contributed by atoms with Gasteiger partial charge in [-0.25, -0.2) is 13.2 Å². The van der Waals surface area contributed by atoms with E-state index < -0.39 is 16.0 Å². The van der Waals surface area contributed by atoms with Crippen LogP contribution >= 0.6 is 0 Å². The molecular weight excluding hydrogens is 390 g/mol. The summed E-state index contributed by atoms with van der Waals surface area (Å²) in [6.45, 7) is 7.71. The van der Waals surface area contributed by atoms with Crippen molar-refractivity contribution >= 4 is 32.6 Å². The number of ether oxygens (including phenoxy) is 1. The van der Waals surface area contributed by atoms with Gasteiger partial charge in [0, 0.05) is 11.1 Å². The number of unbranched alkanes of at least 4 members (excludes halogenated alkanes) is 1. The summed E-state index contributed by atoms with van der Waals surface area (Å²) in [6, 6.07) is 10.0. The third-order valence-electron chi connectivity index (χ3n) is 4.67. The number of rotatable bonds is 7. The Bertz CT molecular complexity index is 1160. The Balaban J connectivity index is 1.95. The first-order valence-corrected chi connectivity index (χ1v) is 11.0. The molecule has 0 unspecified atom stereocenters. The molecule has 0 spiro atoms. The van der Waals surface area contributed by atoms with E-state index in [1.807, 2.05) is 19.9 Å². The van der Waals surface area contributed by atoms with E-state index in [-0.39, 0.29) is 4.90 Å². The lowest BCUT2D eigenvalue weighted by Crippen LogP contribution is -2.14. The Kier molecular flexibility index (Phi) is 5.98. The maximum Gasteiger partial charge on any atom is 0.342 e. The number of fused-ring (bicyclic) bond motifs is 1. The lowest BCUT2D eigenvalue weighted by atomic mass is 10.1. The molecule has 3 aromatic rings. The molecule has 1 heterocycles. The van der Waals surface area contributed by atoms with Gasteiger partial charge in [0.1, 0.15) is 16.9 Å². The van der Waals surface area contributed by atoms with Crippen LogP contribution in [-0.2, 0) is 14.8 Å². The van der Waals surface area contributed by atoms with E-state index in [1.54, 1.807) is 44.2 Å². The van der Waals surface area contributed by atoms with Crippen LogP contribution in [0.1, 0.15) is 47.0 Å². The molecule has 3 rings (SSSR count). The van der Waals surface area contributed by atoms with Gasteiger partial charge in [-0.1, -0.05) is 31.0 Å². The van der Waals surface area contributed by atoms with Gasteiger partial charge >= 0.3 is 5.97 Å². The van der Waals surface area contributed by atoms with Crippen LogP contribution < -0.4 is 4.72 Å². The van der Waals surface area contributed by atoms with E-state index >= 15 is 0 Å². The molecule has 6 nitrogen and oxygen atoms in total. The normalized spacial score (nSPS) is 11.6. The van der Waals surface area contributed by atoms with E-state index in [1.165, 1.54) is 0 Å². The molecular formula is C22H25NO5S. The molecule has 29 heavy (non-hydrogen) atoms. The molecule has 7 heteroatoms. The van der Waals surface area contributed by atoms with Gasteiger partial charge in [0.15, 0.2) is 0 Å². The number of aryl methyl sites for hydroxylation is 3. The second kappa shape index (κ2) is 8.29. The number of anilines is 1. The zero-order valence-electron chi connectivity index (χ0n) is 17.0. The van der Waals surface area contributed by atoms with Crippen LogP contribution in [0.5, 0.6) is 0 Å². The van der Waals surface area contributed by atoms with E-state index in [2.05, 4.69) is 4.72 Å². The highest BCUT2D eigenvalue weighted by atomic mass is 32.2. The van der Waals surface area contributed by atoms with Crippen molar-refractivity contribution in [2.45, 2.75) is 45.4 Å². The number of nitrogens with one attached hydrogen (secondary N) is 1. The number of benzene rings is 2. The highest BCUT2D eigenvalue weighted by Crippen LogP contribution is 2.30. The summed E-state index contributed by atoms with van der Waals surface area (Å²) in [5, 5.41) is 0.518. The summed E-state index contributed by atoms with van der Waals surface area (Å²) in [5.74, 6) is -0.0278. The first kappa shape index (κ1) is 20.9. The Morgan fingerprint density at radius 1 is 1.10 bits per heavy atom. The van der Waals surface area contributed by atoms with Gasteiger partial charge in [-0.05, 0) is 57.0 Å². The molecule has 0 amide bonds. The van der Waals surface area contributed by atoms with Crippen molar-refractivity contribution in [2.24, 2.45) is 0 Å². The van der Waals surface area contributed by atoms with Gasteiger partial charge in [-0.2, -0.15) is 0 Å². The largest absolute Gasteiger partial charge is 0.462 e. The molecule has 0 atom stereocenters. The summed E-state index contributed by atoms with van der Waals surface area (Å²) < 4.78 is 39.2. The number of carbonyl (C=O) groups excluding carboxylic acids is 1. The van der Waals surface area contributed by atoms with Crippen LogP contribution in [0.2, 0.25) is 0 Å². The van der Waals surface area contributed by atoms with Crippen molar-refractivity contribution in [2.75, 3.05) is 11.3 Å². The van der Waals surface area contributed by atoms with Gasteiger partial charge in [0.05, 0.1) is 11.5 Å². The van der Waals surface area contributed by atoms with Crippen LogP contribution in [0.3, 0.4) is 0 Å². The number of sulfonamides is 1. The van der Waals surface area contributed by atoms with Gasteiger partial charge in [-0.15, -0.1) is 0 Å². The van der Waals surface area contributed by atoms with Crippen molar-refractivity contribution < 1.29 is 22.4 Å². The summed E-state index contributed by atoms with van der Waals surface area (Å²) in [4.78, 5) is 12.7. The predicted molar refractivity (Wildman–Crippen MR) is 113 cm³/mol. The summed E-state index contributed by atoms with van der Waals surface area (Å²) in [5.41, 5.74) is 2.82. The first-order valence-electron chi connectivity index (χ1n) is 9.53. The SMILES string of the molecule is CCCCOC(=O)c1c(C)oc2ccc(NS(=O)(=O)c3ccc(C)cc3C)cc12. The van der Waals surface area contributed by atoms with Crippen molar-refractivity contribution in [3.63, 3.8) is 0 Å². The quantitative estimate of drug-likeness (QED) is 0.428. The molecule has 0 saturated carbocycles. The number of furan rings is 1. The van der Waals surface area contributed by atoms with E-state index in [0.29, 0.717) is 40.2 Å². The van der Waals surface area contributed by atoms with Crippen molar-refractivity contribution in [1.82, 2.24) is 0 Å². The van der Waals surface area contributed by atoms with Gasteiger partial charge < -0.3 is 9.15 Å². The van der Waals surface area contributed by atoms with E-state index in [4.69, 9.17) is 9.15 Å². The first-order chi connectivity index (χ1) is 13.7. The molecule has 0 radical (unpaired) electrons. The summed E-state index contributed by atoms with van der Waals surface area (Å²) in [6.07, 6.45) is 1.70. The fraction of sp³-hybridized carbons (Fsp3) is 0.318. The molecule has 154 valence electrons. The third-order valence-corrected chi connectivity index (χ3v) is 6.21. The zero-order valence-corrected chi connectivity index (χ0v) is 17.9. The average Bonchev–Trinajstić information content (AvgIpc) is 2.96. The highest BCUT2D eigenvalue weighted by Gasteiger charge is 2.22. The molecule has 1 aromatic heterocycles. The van der Waals surface area contributed by atoms with Crippen molar-refractivity contribution in [1.29, 1.82) is 0 Å². The van der Waals surface area contributed by atoms with Crippen LogP contribution in [0, 0.1) is 20.8 Å². The molecule has 0 fully saturated rings. The van der Waals surface area contributed by atoms with Gasteiger partial charge in [0.2, 0.25) is 0 Å². The van der Waals surface area contributed by atoms with Gasteiger partial charge in [0.25, 0.3) is 10.0 Å². The second-order valence-electron chi connectivity index (χ2n) is 7.11. The van der Waals surface area contributed by atoms with Crippen molar-refractivity contribution in [3.8, 4) is 0 Å². The Morgan fingerprint density at radius 2 is 1.86 bits per heavy atom. The maximum atomic E-state index is 12.8. The number of hydrogen-bond donors (Lipinski definition) is 1. The Labute approximate surface area is 170 Å². The highest BCUT2D eigenvalue weighted by molar-refractivity contribution is 7.92. The zero-order chi connectivity index (χ0) is 21.2. The molecule has 2 aromatic carbocycles. The standard InChI is InChI=1S/C22H25NO5S/c1-5-6-11-27-22(24)21-16(4)28-19-9-8-17(13-18(19)21)23-29(25,26)20-10-7-14(2)12-15(20)3/h7-10,12-13,23H,5-6,11H2,1-4H3. The summed E-state index contributed by atoms with van der Waals surface area (Å²) in [7, 11) is -3.77. The van der Waals surface area contributed by atoms with Crippen molar-refractivity contribution in [3.05, 3.63) is 58.8 Å². The van der Waals surface area contributed by atoms with E-state index in [0.717, 1.165) is 18.4 Å². The lowest BCUT2D eigenvalue weighted by molar-refractivity contribution is 0.0500. The monoisotopic (exact) mass is 415 g/mol. The fourth-order valence-corrected chi connectivity index (χ4v) is 4.51. The number of esters is 1. The molecule has 0 aliphatic carbocycles. The minimum Gasteiger partial charge on any atom is -0.462 e. The average molecular weight is 416 g/mol. The molecule has 0 aliphatic rings. The van der Waals surface area contributed by atoms with Crippen LogP contribution in [-0.4, -0.2) is 21.0 Å². The molecule has 0 aliphatic heterocycles. The maximum absolute atomic E-state index is 12.8. The number of carbonyl (C=O) groups is 1. The van der Waals surface area contributed by atoms with Crippen LogP contribution in [0.15, 0.2) is 45.7 Å². The predicted octanol–water partition coefficient (Wildman–Crippen LogP) is 5.12. The fourth-order valence-electron chi connectivity index (χ4n) is 3.23. The minimum atomic E-state index is -3.77. The Morgan fingerprint density at radius 3 is 2.55 bits per heavy atom. The van der Waals surface area contributed by atoms with Crippen LogP contribution in [0.4, 0.5) is 5.69 Å². The summed E-state index contributed by atoms with van der Waals surface area (Å²) >= 11 is 0. The number of hydrogen-bond acceptors (Lipinski definition) is 5. The van der Waals surface area contributed by atoms with E-state index in [9.17, 15) is 13.2 Å². The molecule has 0 saturated heterocycles. The smallest absolute Gasteiger partial charge is 0.342 e. The molecule has 0 bridgehead atoms. The van der Waals surface area contributed by atoms with Gasteiger partial charge in [-0.3, -0.25) is 4.72 Å². The minimum absolute atomic E-state index is 0.214. The Hall–Kier alpha value is -2.80. The molecule has 1 N–H and O–H groups in total. The second-order valence-corrected chi connectivity index (χ2v) is 8.76. The van der Waals surface area contributed by atoms with Crippen LogP contribution in [0.25, 0.3) is 11.0 Å². The topological polar surface area (TPSA) is 85.6 Å².